The summed E-state index contributed by atoms with van der Waals surface area (Å²) in [6.07, 6.45) is 0. The molecule has 1 unspecified atom stereocenters. The van der Waals surface area contributed by atoms with Crippen molar-refractivity contribution in [3.8, 4) is 0 Å². The monoisotopic (exact) mass is 281 g/mol. The van der Waals surface area contributed by atoms with Crippen molar-refractivity contribution < 1.29 is 4.79 Å². The van der Waals surface area contributed by atoms with Crippen molar-refractivity contribution in [2.45, 2.75) is 32.7 Å². The topological polar surface area (TPSA) is 22.0 Å². The maximum Gasteiger partial charge on any atom is 0.182 e. The molecule has 0 fully saturated rings. The normalized spacial score (nSPS) is 12.7. The Hall–Kier alpha value is -1.06. The van der Waals surface area contributed by atoms with Gasteiger partial charge in [-0.1, -0.05) is 0 Å². The van der Waals surface area contributed by atoms with Crippen molar-refractivity contribution in [3.05, 3.63) is 45.4 Å². The number of alkyl halides is 1. The SMILES string of the molecule is Cc1cc(C(=O)C(C)Cl)c(C)n1Cc1ccsc1. The van der Waals surface area contributed by atoms with E-state index < -0.39 is 5.38 Å². The van der Waals surface area contributed by atoms with E-state index in [0.29, 0.717) is 0 Å². The second-order valence-corrected chi connectivity index (χ2v) is 5.92. The molecule has 0 bridgehead atoms. The first kappa shape index (κ1) is 13.4. The van der Waals surface area contributed by atoms with Gasteiger partial charge in [0, 0.05) is 23.5 Å². The van der Waals surface area contributed by atoms with E-state index in [1.165, 1.54) is 5.56 Å². The maximum absolute atomic E-state index is 12.0. The number of hydrogen-bond donors (Lipinski definition) is 0. The number of carbonyl (C=O) groups is 1. The van der Waals surface area contributed by atoms with E-state index in [4.69, 9.17) is 11.6 Å². The minimum absolute atomic E-state index is 0.00124. The summed E-state index contributed by atoms with van der Waals surface area (Å²) >= 11 is 7.57. The van der Waals surface area contributed by atoms with Crippen molar-refractivity contribution >= 4 is 28.7 Å². The number of aryl methyl sites for hydroxylation is 1. The molecule has 2 aromatic heterocycles. The molecule has 0 radical (unpaired) electrons. The molecule has 1 atom stereocenters. The van der Waals surface area contributed by atoms with E-state index in [0.717, 1.165) is 23.5 Å². The fourth-order valence-corrected chi connectivity index (χ4v) is 2.85. The van der Waals surface area contributed by atoms with Crippen LogP contribution in [0, 0.1) is 13.8 Å². The Kier molecular flexibility index (Phi) is 3.93. The van der Waals surface area contributed by atoms with Crippen LogP contribution in [-0.2, 0) is 6.54 Å². The van der Waals surface area contributed by atoms with Crippen LogP contribution < -0.4 is 0 Å². The standard InChI is InChI=1S/C14H16ClNOS/c1-9-6-13(14(17)10(2)15)11(3)16(9)7-12-4-5-18-8-12/h4-6,8,10H,7H2,1-3H3. The molecule has 2 nitrogen and oxygen atoms in total. The number of nitrogens with zero attached hydrogens (tertiary/aromatic N) is 1. The Morgan fingerprint density at radius 1 is 1.50 bits per heavy atom. The molecule has 0 aliphatic rings. The first-order valence-corrected chi connectivity index (χ1v) is 7.24. The number of carbonyl (C=O) groups excluding carboxylic acids is 1. The molecule has 0 spiro atoms. The summed E-state index contributed by atoms with van der Waals surface area (Å²) in [6, 6.07) is 4.04. The first-order valence-electron chi connectivity index (χ1n) is 5.86. The van der Waals surface area contributed by atoms with Gasteiger partial charge >= 0.3 is 0 Å². The van der Waals surface area contributed by atoms with Crippen LogP contribution in [0.5, 0.6) is 0 Å². The molecule has 96 valence electrons. The third-order valence-corrected chi connectivity index (χ3v) is 4.05. The lowest BCUT2D eigenvalue weighted by atomic mass is 10.1. The van der Waals surface area contributed by atoms with Crippen LogP contribution in [0.15, 0.2) is 22.9 Å². The molecule has 0 aliphatic carbocycles. The minimum atomic E-state index is -0.472. The number of hydrogen-bond acceptors (Lipinski definition) is 2. The molecule has 2 aromatic rings. The van der Waals surface area contributed by atoms with Crippen LogP contribution in [0.3, 0.4) is 0 Å². The minimum Gasteiger partial charge on any atom is -0.344 e. The van der Waals surface area contributed by atoms with E-state index in [1.807, 2.05) is 19.9 Å². The lowest BCUT2D eigenvalue weighted by molar-refractivity contribution is 0.0991. The Morgan fingerprint density at radius 3 is 2.78 bits per heavy atom. The van der Waals surface area contributed by atoms with Crippen LogP contribution in [0.2, 0.25) is 0 Å². The van der Waals surface area contributed by atoms with Crippen LogP contribution in [0.4, 0.5) is 0 Å². The molecule has 18 heavy (non-hydrogen) atoms. The average Bonchev–Trinajstić information content (AvgIpc) is 2.91. The third kappa shape index (κ3) is 2.52. The number of halogens is 1. The molecule has 4 heteroatoms. The van der Waals surface area contributed by atoms with Crippen LogP contribution in [-0.4, -0.2) is 15.7 Å². The van der Waals surface area contributed by atoms with Gasteiger partial charge in [-0.2, -0.15) is 11.3 Å². The molecule has 0 aromatic carbocycles. The van der Waals surface area contributed by atoms with Gasteiger partial charge in [0.1, 0.15) is 0 Å². The van der Waals surface area contributed by atoms with Crippen molar-refractivity contribution in [1.29, 1.82) is 0 Å². The highest BCUT2D eigenvalue weighted by atomic mass is 35.5. The summed E-state index contributed by atoms with van der Waals surface area (Å²) in [5.74, 6) is 0.00124. The zero-order chi connectivity index (χ0) is 13.3. The number of Topliss-reactive ketones (excluding diaryl/α,β-unsaturated/α-hetero) is 1. The highest BCUT2D eigenvalue weighted by Crippen LogP contribution is 2.20. The second kappa shape index (κ2) is 5.29. The summed E-state index contributed by atoms with van der Waals surface area (Å²) in [7, 11) is 0. The molecule has 2 rings (SSSR count). The Morgan fingerprint density at radius 2 is 2.22 bits per heavy atom. The van der Waals surface area contributed by atoms with Crippen LogP contribution in [0.25, 0.3) is 0 Å². The Bertz CT molecular complexity index is 555. The molecular weight excluding hydrogens is 266 g/mol. The number of rotatable bonds is 4. The first-order chi connectivity index (χ1) is 8.50. The summed E-state index contributed by atoms with van der Waals surface area (Å²) in [4.78, 5) is 12.0. The molecular formula is C14H16ClNOS. The van der Waals surface area contributed by atoms with Gasteiger partial charge in [0.15, 0.2) is 5.78 Å². The molecule has 2 heterocycles. The zero-order valence-corrected chi connectivity index (χ0v) is 12.3. The van der Waals surface area contributed by atoms with Gasteiger partial charge in [-0.05, 0) is 49.2 Å². The second-order valence-electron chi connectivity index (χ2n) is 4.48. The summed E-state index contributed by atoms with van der Waals surface area (Å²) in [5.41, 5.74) is 4.10. The quantitative estimate of drug-likeness (QED) is 0.613. The highest BCUT2D eigenvalue weighted by Gasteiger charge is 2.19. The predicted molar refractivity (Wildman–Crippen MR) is 77.0 cm³/mol. The Balaban J connectivity index is 2.35. The molecule has 0 amide bonds. The molecule has 0 saturated heterocycles. The van der Waals surface area contributed by atoms with Crippen molar-refractivity contribution in [3.63, 3.8) is 0 Å². The van der Waals surface area contributed by atoms with Crippen molar-refractivity contribution in [1.82, 2.24) is 4.57 Å². The van der Waals surface area contributed by atoms with Gasteiger partial charge in [-0.25, -0.2) is 0 Å². The molecule has 0 N–H and O–H groups in total. The van der Waals surface area contributed by atoms with Crippen molar-refractivity contribution in [2.24, 2.45) is 0 Å². The van der Waals surface area contributed by atoms with Gasteiger partial charge in [0.2, 0.25) is 0 Å². The fourth-order valence-electron chi connectivity index (χ4n) is 2.07. The van der Waals surface area contributed by atoms with E-state index in [9.17, 15) is 4.79 Å². The van der Waals surface area contributed by atoms with Gasteiger partial charge in [0.25, 0.3) is 0 Å². The lowest BCUT2D eigenvalue weighted by Crippen LogP contribution is -2.12. The number of ketones is 1. The van der Waals surface area contributed by atoms with Gasteiger partial charge in [-0.15, -0.1) is 11.6 Å². The lowest BCUT2D eigenvalue weighted by Gasteiger charge is -2.09. The summed E-state index contributed by atoms with van der Waals surface area (Å²) in [6.45, 7) is 6.53. The van der Waals surface area contributed by atoms with Gasteiger partial charge < -0.3 is 4.57 Å². The Labute approximate surface area is 116 Å². The van der Waals surface area contributed by atoms with Crippen LogP contribution in [0.1, 0.15) is 34.2 Å². The maximum atomic E-state index is 12.0. The summed E-state index contributed by atoms with van der Waals surface area (Å²) < 4.78 is 2.16. The highest BCUT2D eigenvalue weighted by molar-refractivity contribution is 7.07. The van der Waals surface area contributed by atoms with Crippen LogP contribution >= 0.6 is 22.9 Å². The average molecular weight is 282 g/mol. The van der Waals surface area contributed by atoms with E-state index in [1.54, 1.807) is 18.3 Å². The largest absolute Gasteiger partial charge is 0.344 e. The van der Waals surface area contributed by atoms with Gasteiger partial charge in [-0.3, -0.25) is 4.79 Å². The van der Waals surface area contributed by atoms with E-state index in [2.05, 4.69) is 21.4 Å². The third-order valence-electron chi connectivity index (χ3n) is 3.12. The van der Waals surface area contributed by atoms with Gasteiger partial charge in [0.05, 0.1) is 5.38 Å². The fraction of sp³-hybridized carbons (Fsp3) is 0.357. The number of thiophene rings is 1. The number of aromatic nitrogens is 1. The summed E-state index contributed by atoms with van der Waals surface area (Å²) in [5, 5.41) is 3.72. The smallest absolute Gasteiger partial charge is 0.182 e. The molecule has 0 aliphatic heterocycles. The van der Waals surface area contributed by atoms with E-state index in [-0.39, 0.29) is 5.78 Å². The predicted octanol–water partition coefficient (Wildman–Crippen LogP) is 4.02. The van der Waals surface area contributed by atoms with E-state index >= 15 is 0 Å². The molecule has 0 saturated carbocycles. The zero-order valence-electron chi connectivity index (χ0n) is 10.7. The van der Waals surface area contributed by atoms with Crippen molar-refractivity contribution in [2.75, 3.05) is 0 Å².